The van der Waals surface area contributed by atoms with E-state index in [1.54, 1.807) is 12.4 Å². The van der Waals surface area contributed by atoms with Gasteiger partial charge in [0, 0.05) is 12.4 Å². The average molecular weight is 298 g/mol. The molecule has 1 aromatic carbocycles. The predicted octanol–water partition coefficient (Wildman–Crippen LogP) is 2.72. The van der Waals surface area contributed by atoms with Crippen molar-refractivity contribution in [2.45, 2.75) is 12.5 Å². The smallest absolute Gasteiger partial charge is 0.406 e. The van der Waals surface area contributed by atoms with E-state index in [0.29, 0.717) is 13.2 Å². The van der Waals surface area contributed by atoms with E-state index in [2.05, 4.69) is 33.2 Å². The molecule has 2 aromatic rings. The van der Waals surface area contributed by atoms with Gasteiger partial charge in [0.25, 0.3) is 0 Å². The highest BCUT2D eigenvalue weighted by molar-refractivity contribution is 5.67. The van der Waals surface area contributed by atoms with E-state index < -0.39 is 6.09 Å². The van der Waals surface area contributed by atoms with Gasteiger partial charge in [0.2, 0.25) is 0 Å². The Morgan fingerprint density at radius 1 is 1.32 bits per heavy atom. The maximum Gasteiger partial charge on any atom is 0.406 e. The SMILES string of the molecule is COC(=O)NCC1OCCc2ccc(-c3ccncc3)cc21. The standard InChI is InChI=1S/C17H18N2O3/c1-21-17(20)19-11-16-15-10-14(12-4-7-18-8-5-12)3-2-13(15)6-9-22-16/h2-5,7-8,10,16H,6,9,11H2,1H3,(H,19,20). The molecule has 2 heterocycles. The van der Waals surface area contributed by atoms with Crippen LogP contribution in [0.5, 0.6) is 0 Å². The fourth-order valence-corrected chi connectivity index (χ4v) is 2.66. The summed E-state index contributed by atoms with van der Waals surface area (Å²) in [7, 11) is 1.35. The van der Waals surface area contributed by atoms with Gasteiger partial charge in [0.1, 0.15) is 6.10 Å². The van der Waals surface area contributed by atoms with Crippen LogP contribution < -0.4 is 5.32 Å². The van der Waals surface area contributed by atoms with Gasteiger partial charge in [-0.15, -0.1) is 0 Å². The van der Waals surface area contributed by atoms with Gasteiger partial charge in [-0.3, -0.25) is 4.98 Å². The third kappa shape index (κ3) is 3.09. The zero-order chi connectivity index (χ0) is 15.4. The van der Waals surface area contributed by atoms with Crippen LogP contribution >= 0.6 is 0 Å². The van der Waals surface area contributed by atoms with E-state index in [1.807, 2.05) is 12.1 Å². The summed E-state index contributed by atoms with van der Waals surface area (Å²) in [6.45, 7) is 1.06. The highest BCUT2D eigenvalue weighted by atomic mass is 16.5. The van der Waals surface area contributed by atoms with Crippen LogP contribution in [0.15, 0.2) is 42.7 Å². The first-order chi connectivity index (χ1) is 10.8. The number of pyridine rings is 1. The molecule has 0 bridgehead atoms. The molecule has 1 aliphatic heterocycles. The van der Waals surface area contributed by atoms with Crippen molar-refractivity contribution < 1.29 is 14.3 Å². The Hall–Kier alpha value is -2.40. The van der Waals surface area contributed by atoms with E-state index in [-0.39, 0.29) is 6.10 Å². The molecule has 5 nitrogen and oxygen atoms in total. The fourth-order valence-electron chi connectivity index (χ4n) is 2.66. The Bertz CT molecular complexity index is 658. The maximum atomic E-state index is 11.3. The second-order valence-corrected chi connectivity index (χ2v) is 5.13. The molecule has 1 amide bonds. The molecule has 1 N–H and O–H groups in total. The second kappa shape index (κ2) is 6.58. The Kier molecular flexibility index (Phi) is 4.34. The van der Waals surface area contributed by atoms with Crippen LogP contribution in [0.3, 0.4) is 0 Å². The molecule has 1 aliphatic rings. The van der Waals surface area contributed by atoms with Crippen molar-refractivity contribution in [3.8, 4) is 11.1 Å². The van der Waals surface area contributed by atoms with Gasteiger partial charge in [-0.1, -0.05) is 12.1 Å². The number of amides is 1. The number of nitrogens with zero attached hydrogens (tertiary/aromatic N) is 1. The molecule has 1 unspecified atom stereocenters. The van der Waals surface area contributed by atoms with Crippen molar-refractivity contribution in [2.75, 3.05) is 20.3 Å². The average Bonchev–Trinajstić information content (AvgIpc) is 2.59. The summed E-state index contributed by atoms with van der Waals surface area (Å²) < 4.78 is 10.4. The second-order valence-electron chi connectivity index (χ2n) is 5.13. The number of hydrogen-bond acceptors (Lipinski definition) is 4. The summed E-state index contributed by atoms with van der Waals surface area (Å²) in [4.78, 5) is 15.3. The first kappa shape index (κ1) is 14.5. The summed E-state index contributed by atoms with van der Waals surface area (Å²) in [5, 5.41) is 2.71. The van der Waals surface area contributed by atoms with Crippen LogP contribution in [0, 0.1) is 0 Å². The van der Waals surface area contributed by atoms with Crippen LogP contribution in [0.1, 0.15) is 17.2 Å². The van der Waals surface area contributed by atoms with Crippen LogP contribution in [-0.4, -0.2) is 31.3 Å². The maximum absolute atomic E-state index is 11.3. The molecule has 0 spiro atoms. The summed E-state index contributed by atoms with van der Waals surface area (Å²) in [6.07, 6.45) is 3.86. The highest BCUT2D eigenvalue weighted by Gasteiger charge is 2.22. The first-order valence-electron chi connectivity index (χ1n) is 7.24. The first-order valence-corrected chi connectivity index (χ1v) is 7.24. The number of rotatable bonds is 3. The molecule has 22 heavy (non-hydrogen) atoms. The zero-order valence-corrected chi connectivity index (χ0v) is 12.4. The predicted molar refractivity (Wildman–Crippen MR) is 82.5 cm³/mol. The minimum Gasteiger partial charge on any atom is -0.453 e. The van der Waals surface area contributed by atoms with E-state index >= 15 is 0 Å². The van der Waals surface area contributed by atoms with E-state index in [9.17, 15) is 4.79 Å². The number of nitrogens with one attached hydrogen (secondary N) is 1. The molecular weight excluding hydrogens is 280 g/mol. The lowest BCUT2D eigenvalue weighted by molar-refractivity contribution is 0.0420. The lowest BCUT2D eigenvalue weighted by Gasteiger charge is -2.26. The molecule has 0 aliphatic carbocycles. The van der Waals surface area contributed by atoms with Crippen LogP contribution in [-0.2, 0) is 15.9 Å². The normalized spacial score (nSPS) is 16.7. The lowest BCUT2D eigenvalue weighted by atomic mass is 9.93. The number of methoxy groups -OCH3 is 1. The monoisotopic (exact) mass is 298 g/mol. The van der Waals surface area contributed by atoms with Gasteiger partial charge in [-0.2, -0.15) is 0 Å². The number of alkyl carbamates (subject to hydrolysis) is 1. The van der Waals surface area contributed by atoms with Crippen LogP contribution in [0.25, 0.3) is 11.1 Å². The van der Waals surface area contributed by atoms with Crippen LogP contribution in [0.4, 0.5) is 4.79 Å². The van der Waals surface area contributed by atoms with Gasteiger partial charge in [-0.05, 0) is 46.9 Å². The molecule has 0 saturated carbocycles. The minimum atomic E-state index is -0.444. The quantitative estimate of drug-likeness (QED) is 0.946. The zero-order valence-electron chi connectivity index (χ0n) is 12.4. The van der Waals surface area contributed by atoms with Crippen molar-refractivity contribution in [2.24, 2.45) is 0 Å². The minimum absolute atomic E-state index is 0.148. The number of carbonyl (C=O) groups is 1. The van der Waals surface area contributed by atoms with Gasteiger partial charge >= 0.3 is 6.09 Å². The number of ether oxygens (including phenoxy) is 2. The van der Waals surface area contributed by atoms with Gasteiger partial charge < -0.3 is 14.8 Å². The lowest BCUT2D eigenvalue weighted by Crippen LogP contribution is -2.31. The number of benzene rings is 1. The Morgan fingerprint density at radius 3 is 2.91 bits per heavy atom. The molecule has 1 atom stereocenters. The number of aromatic nitrogens is 1. The van der Waals surface area contributed by atoms with Crippen molar-refractivity contribution in [1.29, 1.82) is 0 Å². The van der Waals surface area contributed by atoms with Crippen LogP contribution in [0.2, 0.25) is 0 Å². The molecule has 3 rings (SSSR count). The highest BCUT2D eigenvalue weighted by Crippen LogP contribution is 2.31. The third-order valence-corrected chi connectivity index (χ3v) is 3.81. The van der Waals surface area contributed by atoms with Crippen molar-refractivity contribution in [3.05, 3.63) is 53.9 Å². The fraction of sp³-hybridized carbons (Fsp3) is 0.294. The number of fused-ring (bicyclic) bond motifs is 1. The molecule has 0 saturated heterocycles. The third-order valence-electron chi connectivity index (χ3n) is 3.81. The number of carbonyl (C=O) groups excluding carboxylic acids is 1. The van der Waals surface area contributed by atoms with E-state index in [4.69, 9.17) is 4.74 Å². The molecule has 5 heteroatoms. The Balaban J connectivity index is 1.86. The summed E-state index contributed by atoms with van der Waals surface area (Å²) in [6, 6.07) is 10.3. The topological polar surface area (TPSA) is 60.5 Å². The molecule has 1 aromatic heterocycles. The van der Waals surface area contributed by atoms with Crippen molar-refractivity contribution in [3.63, 3.8) is 0 Å². The van der Waals surface area contributed by atoms with Crippen molar-refractivity contribution in [1.82, 2.24) is 10.3 Å². The van der Waals surface area contributed by atoms with E-state index in [0.717, 1.165) is 23.1 Å². The van der Waals surface area contributed by atoms with Gasteiger partial charge in [-0.25, -0.2) is 4.79 Å². The van der Waals surface area contributed by atoms with Gasteiger partial charge in [0.05, 0.1) is 20.3 Å². The molecule has 0 radical (unpaired) electrons. The van der Waals surface area contributed by atoms with Gasteiger partial charge in [0.15, 0.2) is 0 Å². The Labute approximate surface area is 129 Å². The Morgan fingerprint density at radius 2 is 2.14 bits per heavy atom. The summed E-state index contributed by atoms with van der Waals surface area (Å²) >= 11 is 0. The molecule has 0 fully saturated rings. The summed E-state index contributed by atoms with van der Waals surface area (Å²) in [5.41, 5.74) is 4.62. The number of hydrogen-bond donors (Lipinski definition) is 1. The van der Waals surface area contributed by atoms with Crippen molar-refractivity contribution >= 4 is 6.09 Å². The summed E-state index contributed by atoms with van der Waals surface area (Å²) in [5.74, 6) is 0. The largest absolute Gasteiger partial charge is 0.453 e. The molecule has 114 valence electrons. The molecular formula is C17H18N2O3. The van der Waals surface area contributed by atoms with E-state index in [1.165, 1.54) is 12.7 Å².